The van der Waals surface area contributed by atoms with Gasteiger partial charge in [0.25, 0.3) is 0 Å². The van der Waals surface area contributed by atoms with Crippen LogP contribution in [0.1, 0.15) is 6.42 Å². The highest BCUT2D eigenvalue weighted by Crippen LogP contribution is 2.41. The molecule has 0 aromatic rings. The second-order valence-electron chi connectivity index (χ2n) is 7.28. The van der Waals surface area contributed by atoms with Crippen molar-refractivity contribution >= 4 is 11.9 Å². The fourth-order valence-corrected chi connectivity index (χ4v) is 4.07. The first-order chi connectivity index (χ1) is 12.9. The van der Waals surface area contributed by atoms with Gasteiger partial charge in [-0.1, -0.05) is 24.3 Å². The summed E-state index contributed by atoms with van der Waals surface area (Å²) in [5.74, 6) is -0.930. The number of amides is 3. The van der Waals surface area contributed by atoms with Gasteiger partial charge < -0.3 is 25.4 Å². The zero-order valence-electron chi connectivity index (χ0n) is 16.7. The topological polar surface area (TPSA) is 97.1 Å². The number of piperidine rings is 1. The van der Waals surface area contributed by atoms with E-state index in [1.165, 1.54) is 4.90 Å². The van der Waals surface area contributed by atoms with E-state index in [9.17, 15) is 9.59 Å². The lowest BCUT2D eigenvalue weighted by Gasteiger charge is -2.49. The van der Waals surface area contributed by atoms with Gasteiger partial charge in [0, 0.05) is 53.9 Å². The number of allylic oxidation sites excluding steroid dienone is 2. The van der Waals surface area contributed by atoms with E-state index in [0.717, 1.165) is 19.5 Å². The van der Waals surface area contributed by atoms with E-state index in [1.54, 1.807) is 28.3 Å². The number of urea groups is 1. The fourth-order valence-electron chi connectivity index (χ4n) is 4.07. The Morgan fingerprint density at radius 3 is 2.67 bits per heavy atom. The van der Waals surface area contributed by atoms with Crippen LogP contribution in [0, 0.1) is 11.8 Å². The van der Waals surface area contributed by atoms with Crippen molar-refractivity contribution in [2.24, 2.45) is 17.6 Å². The average Bonchev–Trinajstić information content (AvgIpc) is 2.67. The second kappa shape index (κ2) is 9.34. The van der Waals surface area contributed by atoms with Gasteiger partial charge in [0.2, 0.25) is 5.91 Å². The molecule has 2 aliphatic rings. The van der Waals surface area contributed by atoms with Crippen molar-refractivity contribution in [2.45, 2.75) is 18.1 Å². The molecule has 1 heterocycles. The molecule has 1 fully saturated rings. The first kappa shape index (κ1) is 21.4. The van der Waals surface area contributed by atoms with Crippen molar-refractivity contribution in [2.75, 3.05) is 54.5 Å². The van der Waals surface area contributed by atoms with Crippen molar-refractivity contribution in [3.05, 3.63) is 24.3 Å². The number of carbonyl (C=O) groups excluding carboxylic acids is 2. The monoisotopic (exact) mass is 380 g/mol. The van der Waals surface area contributed by atoms with Crippen molar-refractivity contribution in [1.82, 2.24) is 15.1 Å². The van der Waals surface area contributed by atoms with Crippen LogP contribution < -0.4 is 11.1 Å². The smallest absolute Gasteiger partial charge is 0.316 e. The number of hydrogen-bond acceptors (Lipinski definition) is 5. The van der Waals surface area contributed by atoms with E-state index in [-0.39, 0.29) is 18.1 Å². The third-order valence-corrected chi connectivity index (χ3v) is 5.55. The van der Waals surface area contributed by atoms with Crippen LogP contribution in [0.2, 0.25) is 0 Å². The first-order valence-corrected chi connectivity index (χ1v) is 9.26. The van der Waals surface area contributed by atoms with E-state index in [2.05, 4.69) is 10.2 Å². The average molecular weight is 380 g/mol. The Balaban J connectivity index is 2.05. The minimum atomic E-state index is -0.799. The number of rotatable bonds is 7. The van der Waals surface area contributed by atoms with E-state index in [0.29, 0.717) is 13.1 Å². The second-order valence-corrected chi connectivity index (χ2v) is 7.28. The summed E-state index contributed by atoms with van der Waals surface area (Å²) in [6.45, 7) is 2.84. The molecule has 3 N–H and O–H groups in total. The first-order valence-electron chi connectivity index (χ1n) is 9.26. The molecule has 27 heavy (non-hydrogen) atoms. The van der Waals surface area contributed by atoms with Crippen LogP contribution in [0.3, 0.4) is 0 Å². The van der Waals surface area contributed by atoms with Crippen LogP contribution in [0.5, 0.6) is 0 Å². The highest BCUT2D eigenvalue weighted by Gasteiger charge is 2.51. The highest BCUT2D eigenvalue weighted by molar-refractivity contribution is 5.81. The predicted octanol–water partition coefficient (Wildman–Crippen LogP) is 0.207. The summed E-state index contributed by atoms with van der Waals surface area (Å²) >= 11 is 0. The Labute approximate surface area is 161 Å². The molecule has 3 amide bonds. The molecule has 0 bridgehead atoms. The minimum absolute atomic E-state index is 0.00110. The maximum absolute atomic E-state index is 12.1. The van der Waals surface area contributed by atoms with Crippen molar-refractivity contribution in [3.63, 3.8) is 0 Å². The van der Waals surface area contributed by atoms with Crippen LogP contribution in [-0.2, 0) is 14.3 Å². The molecular weight excluding hydrogens is 348 g/mol. The zero-order valence-corrected chi connectivity index (χ0v) is 16.7. The van der Waals surface area contributed by atoms with Crippen LogP contribution >= 0.6 is 0 Å². The van der Waals surface area contributed by atoms with Gasteiger partial charge in [0.1, 0.15) is 5.60 Å². The molecule has 1 saturated heterocycles. The SMILES string of the molecule is COC1CN(CCNC(=O)N(C)C)CCC1C1(OC)C=CC=CC1C(N)=O. The van der Waals surface area contributed by atoms with Gasteiger partial charge in [-0.15, -0.1) is 0 Å². The number of methoxy groups -OCH3 is 2. The zero-order chi connectivity index (χ0) is 20.0. The number of nitrogens with one attached hydrogen (secondary N) is 1. The summed E-state index contributed by atoms with van der Waals surface area (Å²) in [5, 5.41) is 2.88. The lowest BCUT2D eigenvalue weighted by molar-refractivity contribution is -0.146. The highest BCUT2D eigenvalue weighted by atomic mass is 16.5. The molecule has 1 aliphatic carbocycles. The minimum Gasteiger partial charge on any atom is -0.380 e. The van der Waals surface area contributed by atoms with Crippen LogP contribution in [0.4, 0.5) is 4.79 Å². The van der Waals surface area contributed by atoms with Crippen molar-refractivity contribution in [3.8, 4) is 0 Å². The summed E-state index contributed by atoms with van der Waals surface area (Å²) in [5.41, 5.74) is 4.86. The third kappa shape index (κ3) is 4.69. The van der Waals surface area contributed by atoms with E-state index >= 15 is 0 Å². The third-order valence-electron chi connectivity index (χ3n) is 5.55. The largest absolute Gasteiger partial charge is 0.380 e. The Hall–Kier alpha value is -1.90. The van der Waals surface area contributed by atoms with Gasteiger partial charge in [-0.25, -0.2) is 4.79 Å². The lowest BCUT2D eigenvalue weighted by Crippen LogP contribution is -2.59. The van der Waals surface area contributed by atoms with Gasteiger partial charge in [0.05, 0.1) is 12.0 Å². The van der Waals surface area contributed by atoms with Gasteiger partial charge in [-0.2, -0.15) is 0 Å². The summed E-state index contributed by atoms with van der Waals surface area (Å²) in [6.07, 6.45) is 8.17. The number of hydrogen-bond donors (Lipinski definition) is 2. The number of primary amides is 1. The van der Waals surface area contributed by atoms with Crippen LogP contribution in [0.25, 0.3) is 0 Å². The molecule has 0 spiro atoms. The van der Waals surface area contributed by atoms with E-state index in [4.69, 9.17) is 15.2 Å². The molecule has 4 atom stereocenters. The number of nitrogens with two attached hydrogens (primary N) is 1. The molecule has 0 saturated carbocycles. The molecule has 0 aromatic carbocycles. The maximum Gasteiger partial charge on any atom is 0.316 e. The number of likely N-dealkylation sites (tertiary alicyclic amines) is 1. The quantitative estimate of drug-likeness (QED) is 0.658. The Morgan fingerprint density at radius 2 is 2.07 bits per heavy atom. The fraction of sp³-hybridized carbons (Fsp3) is 0.684. The maximum atomic E-state index is 12.1. The van der Waals surface area contributed by atoms with Gasteiger partial charge in [-0.05, 0) is 13.0 Å². The molecule has 0 radical (unpaired) electrons. The summed E-state index contributed by atoms with van der Waals surface area (Å²) in [7, 11) is 6.73. The summed E-state index contributed by atoms with van der Waals surface area (Å²) < 4.78 is 11.7. The van der Waals surface area contributed by atoms with Gasteiger partial charge >= 0.3 is 6.03 Å². The van der Waals surface area contributed by atoms with Gasteiger partial charge in [-0.3, -0.25) is 9.69 Å². The number of ether oxygens (including phenoxy) is 2. The molecule has 1 aliphatic heterocycles. The van der Waals surface area contributed by atoms with E-state index < -0.39 is 17.4 Å². The molecule has 0 aromatic heterocycles. The molecule has 152 valence electrons. The Morgan fingerprint density at radius 1 is 1.33 bits per heavy atom. The molecular formula is C19H32N4O4. The Kier molecular flexibility index (Phi) is 7.41. The van der Waals surface area contributed by atoms with Crippen molar-refractivity contribution in [1.29, 1.82) is 0 Å². The summed E-state index contributed by atoms with van der Waals surface area (Å²) in [6, 6.07) is -0.102. The predicted molar refractivity (Wildman–Crippen MR) is 103 cm³/mol. The number of nitrogens with zero attached hydrogens (tertiary/aromatic N) is 2. The summed E-state index contributed by atoms with van der Waals surface area (Å²) in [4.78, 5) is 27.5. The molecule has 8 heteroatoms. The lowest BCUT2D eigenvalue weighted by atomic mass is 9.69. The van der Waals surface area contributed by atoms with Crippen molar-refractivity contribution < 1.29 is 19.1 Å². The van der Waals surface area contributed by atoms with Gasteiger partial charge in [0.15, 0.2) is 0 Å². The molecule has 4 unspecified atom stereocenters. The molecule has 8 nitrogen and oxygen atoms in total. The Bertz CT molecular complexity index is 592. The van der Waals surface area contributed by atoms with Crippen LogP contribution in [-0.4, -0.2) is 87.9 Å². The molecule has 2 rings (SSSR count). The number of carbonyl (C=O) groups is 2. The van der Waals surface area contributed by atoms with E-state index in [1.807, 2.05) is 24.3 Å². The standard InChI is InChI=1S/C19H32N4O4/c1-22(2)18(25)21-10-12-23-11-8-14(16(13-23)26-3)19(27-4)9-6-5-7-15(19)17(20)24/h5-7,9,14-16H,8,10-13H2,1-4H3,(H2,20,24)(H,21,25). The van der Waals surface area contributed by atoms with Crippen LogP contribution in [0.15, 0.2) is 24.3 Å². The normalized spacial score (nSPS) is 30.9.